The van der Waals surface area contributed by atoms with Gasteiger partial charge in [0.05, 0.1) is 0 Å². The second-order valence-electron chi connectivity index (χ2n) is 5.35. The van der Waals surface area contributed by atoms with E-state index in [1.54, 1.807) is 19.1 Å². The van der Waals surface area contributed by atoms with Crippen LogP contribution >= 0.6 is 0 Å². The van der Waals surface area contributed by atoms with Gasteiger partial charge in [0.15, 0.2) is 0 Å². The van der Waals surface area contributed by atoms with E-state index in [9.17, 15) is 4.79 Å². The lowest BCUT2D eigenvalue weighted by molar-refractivity contribution is -0.112. The van der Waals surface area contributed by atoms with Gasteiger partial charge in [-0.3, -0.25) is 4.79 Å². The molecule has 0 saturated heterocycles. The predicted octanol–water partition coefficient (Wildman–Crippen LogP) is 4.26. The second kappa shape index (κ2) is 6.77. The Labute approximate surface area is 130 Å². The number of rotatable bonds is 4. The zero-order valence-electron chi connectivity index (χ0n) is 12.9. The summed E-state index contributed by atoms with van der Waals surface area (Å²) in [7, 11) is 0. The van der Waals surface area contributed by atoms with Crippen LogP contribution in [0.5, 0.6) is 0 Å². The first-order chi connectivity index (χ1) is 10.5. The lowest BCUT2D eigenvalue weighted by Gasteiger charge is -2.08. The van der Waals surface area contributed by atoms with Crippen LogP contribution in [0, 0.1) is 18.3 Å². The molecule has 0 radical (unpaired) electrons. The number of amides is 1. The van der Waals surface area contributed by atoms with Gasteiger partial charge >= 0.3 is 0 Å². The van der Waals surface area contributed by atoms with Gasteiger partial charge < -0.3 is 9.73 Å². The molecule has 2 rings (SSSR count). The van der Waals surface area contributed by atoms with Crippen molar-refractivity contribution in [1.29, 1.82) is 5.26 Å². The van der Waals surface area contributed by atoms with Crippen LogP contribution in [-0.2, 0) is 4.79 Å². The molecule has 0 unspecified atom stereocenters. The first-order valence-electron chi connectivity index (χ1n) is 7.09. The fraction of sp³-hybridized carbons (Fsp3) is 0.222. The fourth-order valence-electron chi connectivity index (χ4n) is 1.97. The van der Waals surface area contributed by atoms with E-state index in [4.69, 9.17) is 9.68 Å². The predicted molar refractivity (Wildman–Crippen MR) is 86.2 cm³/mol. The molecule has 0 atom stereocenters. The normalized spacial score (nSPS) is 11.3. The van der Waals surface area contributed by atoms with Gasteiger partial charge in [0, 0.05) is 11.8 Å². The van der Waals surface area contributed by atoms with Gasteiger partial charge in [-0.05, 0) is 42.7 Å². The molecule has 112 valence electrons. The molecule has 1 N–H and O–H groups in total. The summed E-state index contributed by atoms with van der Waals surface area (Å²) in [5.74, 6) is 1.20. The smallest absolute Gasteiger partial charge is 0.266 e. The van der Waals surface area contributed by atoms with Gasteiger partial charge in [-0.1, -0.05) is 26.0 Å². The highest BCUT2D eigenvalue weighted by atomic mass is 16.3. The SMILES string of the molecule is Cc1ccc(/C=C(\C#N)C(=O)Nc2ccc(C(C)C)cc2)o1. The van der Waals surface area contributed by atoms with Gasteiger partial charge in [0.25, 0.3) is 5.91 Å². The monoisotopic (exact) mass is 294 g/mol. The molecule has 22 heavy (non-hydrogen) atoms. The van der Waals surface area contributed by atoms with Gasteiger partial charge in [0.2, 0.25) is 0 Å². The number of hydrogen-bond acceptors (Lipinski definition) is 3. The zero-order valence-corrected chi connectivity index (χ0v) is 12.9. The summed E-state index contributed by atoms with van der Waals surface area (Å²) >= 11 is 0. The molecule has 0 aliphatic rings. The number of furan rings is 1. The largest absolute Gasteiger partial charge is 0.462 e. The Morgan fingerprint density at radius 2 is 1.91 bits per heavy atom. The molecule has 0 aliphatic heterocycles. The number of hydrogen-bond donors (Lipinski definition) is 1. The number of benzene rings is 1. The summed E-state index contributed by atoms with van der Waals surface area (Å²) in [6.45, 7) is 6.02. The molecule has 2 aromatic rings. The molecule has 0 fully saturated rings. The summed E-state index contributed by atoms with van der Waals surface area (Å²) in [5, 5.41) is 11.9. The lowest BCUT2D eigenvalue weighted by atomic mass is 10.0. The number of carbonyl (C=O) groups is 1. The highest BCUT2D eigenvalue weighted by Gasteiger charge is 2.11. The van der Waals surface area contributed by atoms with Gasteiger partial charge in [-0.25, -0.2) is 0 Å². The average Bonchev–Trinajstić information content (AvgIpc) is 2.90. The van der Waals surface area contributed by atoms with Gasteiger partial charge in [0.1, 0.15) is 23.2 Å². The molecule has 1 aromatic carbocycles. The van der Waals surface area contributed by atoms with Crippen molar-refractivity contribution in [2.75, 3.05) is 5.32 Å². The highest BCUT2D eigenvalue weighted by Crippen LogP contribution is 2.18. The minimum absolute atomic E-state index is 0.00212. The Bertz CT molecular complexity index is 731. The van der Waals surface area contributed by atoms with Crippen LogP contribution in [0.25, 0.3) is 6.08 Å². The van der Waals surface area contributed by atoms with Crippen LogP contribution < -0.4 is 5.32 Å². The van der Waals surface area contributed by atoms with E-state index < -0.39 is 5.91 Å². The van der Waals surface area contributed by atoms with Crippen LogP contribution in [0.2, 0.25) is 0 Å². The first-order valence-corrected chi connectivity index (χ1v) is 7.09. The van der Waals surface area contributed by atoms with Crippen LogP contribution in [-0.4, -0.2) is 5.91 Å². The standard InChI is InChI=1S/C18H18N2O2/c1-12(2)14-5-7-16(8-6-14)20-18(21)15(11-19)10-17-9-4-13(3)22-17/h4-10,12H,1-3H3,(H,20,21)/b15-10+. The molecule has 0 spiro atoms. The maximum Gasteiger partial charge on any atom is 0.266 e. The molecule has 0 aliphatic carbocycles. The molecule has 4 nitrogen and oxygen atoms in total. The number of carbonyl (C=O) groups excluding carboxylic acids is 1. The Morgan fingerprint density at radius 3 is 2.41 bits per heavy atom. The minimum atomic E-state index is -0.450. The van der Waals surface area contributed by atoms with Crippen LogP contribution in [0.15, 0.2) is 46.4 Å². The van der Waals surface area contributed by atoms with E-state index in [1.807, 2.05) is 30.3 Å². The number of nitriles is 1. The van der Waals surface area contributed by atoms with E-state index in [0.29, 0.717) is 17.4 Å². The van der Waals surface area contributed by atoms with Crippen molar-refractivity contribution in [3.05, 3.63) is 59.1 Å². The lowest BCUT2D eigenvalue weighted by Crippen LogP contribution is -2.13. The van der Waals surface area contributed by atoms with Crippen molar-refractivity contribution in [2.24, 2.45) is 0 Å². The molecular weight excluding hydrogens is 276 g/mol. The number of nitrogens with zero attached hydrogens (tertiary/aromatic N) is 1. The van der Waals surface area contributed by atoms with E-state index >= 15 is 0 Å². The third-order valence-corrected chi connectivity index (χ3v) is 3.25. The Balaban J connectivity index is 2.13. The zero-order chi connectivity index (χ0) is 16.1. The summed E-state index contributed by atoms with van der Waals surface area (Å²) in [6, 6.07) is 13.0. The number of nitrogens with one attached hydrogen (secondary N) is 1. The van der Waals surface area contributed by atoms with Crippen molar-refractivity contribution in [3.8, 4) is 6.07 Å². The number of aryl methyl sites for hydroxylation is 1. The van der Waals surface area contributed by atoms with Crippen LogP contribution in [0.1, 0.15) is 36.8 Å². The molecule has 1 aromatic heterocycles. The van der Waals surface area contributed by atoms with Crippen molar-refractivity contribution in [2.45, 2.75) is 26.7 Å². The van der Waals surface area contributed by atoms with Gasteiger partial charge in [-0.2, -0.15) is 5.26 Å². The Morgan fingerprint density at radius 1 is 1.23 bits per heavy atom. The van der Waals surface area contributed by atoms with Crippen molar-refractivity contribution >= 4 is 17.7 Å². The van der Waals surface area contributed by atoms with E-state index in [2.05, 4.69) is 19.2 Å². The molecule has 0 saturated carbocycles. The molecule has 1 heterocycles. The highest BCUT2D eigenvalue weighted by molar-refractivity contribution is 6.09. The molecule has 0 bridgehead atoms. The molecule has 4 heteroatoms. The van der Waals surface area contributed by atoms with Crippen LogP contribution in [0.4, 0.5) is 5.69 Å². The third kappa shape index (κ3) is 3.86. The molecule has 1 amide bonds. The second-order valence-corrected chi connectivity index (χ2v) is 5.35. The summed E-state index contributed by atoms with van der Waals surface area (Å²) in [6.07, 6.45) is 1.44. The molecular formula is C18H18N2O2. The van der Waals surface area contributed by atoms with Crippen LogP contribution in [0.3, 0.4) is 0 Å². The Kier molecular flexibility index (Phi) is 4.80. The number of anilines is 1. The fourth-order valence-corrected chi connectivity index (χ4v) is 1.97. The van der Waals surface area contributed by atoms with Crippen molar-refractivity contribution < 1.29 is 9.21 Å². The minimum Gasteiger partial charge on any atom is -0.462 e. The summed E-state index contributed by atoms with van der Waals surface area (Å²) in [5.41, 5.74) is 1.86. The van der Waals surface area contributed by atoms with Crippen molar-refractivity contribution in [3.63, 3.8) is 0 Å². The van der Waals surface area contributed by atoms with Gasteiger partial charge in [-0.15, -0.1) is 0 Å². The first kappa shape index (κ1) is 15.6. The average molecular weight is 294 g/mol. The van der Waals surface area contributed by atoms with E-state index in [1.165, 1.54) is 11.6 Å². The summed E-state index contributed by atoms with van der Waals surface area (Å²) in [4.78, 5) is 12.1. The maximum atomic E-state index is 12.1. The van der Waals surface area contributed by atoms with Crippen molar-refractivity contribution in [1.82, 2.24) is 0 Å². The Hall–Kier alpha value is -2.80. The topological polar surface area (TPSA) is 66.0 Å². The van der Waals surface area contributed by atoms with E-state index in [0.717, 1.165) is 5.76 Å². The van der Waals surface area contributed by atoms with E-state index in [-0.39, 0.29) is 5.57 Å². The maximum absolute atomic E-state index is 12.1. The quantitative estimate of drug-likeness (QED) is 0.677. The summed E-state index contributed by atoms with van der Waals surface area (Å²) < 4.78 is 5.35. The third-order valence-electron chi connectivity index (χ3n) is 3.25.